The largest absolute Gasteiger partial charge is 0.493 e. The lowest BCUT2D eigenvalue weighted by Gasteiger charge is -2.09. The van der Waals surface area contributed by atoms with Crippen LogP contribution in [0.1, 0.15) is 19.7 Å². The zero-order valence-corrected chi connectivity index (χ0v) is 12.7. The minimum atomic E-state index is -3.58. The number of aromatic amines is 1. The third-order valence-electron chi connectivity index (χ3n) is 2.61. The van der Waals surface area contributed by atoms with Gasteiger partial charge in [0.05, 0.1) is 18.0 Å². The van der Waals surface area contributed by atoms with Gasteiger partial charge in [-0.1, -0.05) is 13.8 Å². The molecular weight excluding hydrogens is 292 g/mol. The standard InChI is InChI=1S/C13H18N4O3S/c1-10(2)8-20-11-3-5-12(6-4-11)21(18,19)16-7-13-14-9-15-17-13/h3-6,9-10,16H,7-8H2,1-2H3,(H,14,15,17). The molecule has 0 spiro atoms. The van der Waals surface area contributed by atoms with Gasteiger partial charge in [0, 0.05) is 0 Å². The van der Waals surface area contributed by atoms with Crippen molar-refractivity contribution in [1.82, 2.24) is 19.9 Å². The van der Waals surface area contributed by atoms with Crippen molar-refractivity contribution in [3.8, 4) is 5.75 Å². The highest BCUT2D eigenvalue weighted by Crippen LogP contribution is 2.16. The van der Waals surface area contributed by atoms with Crippen molar-refractivity contribution in [1.29, 1.82) is 0 Å². The zero-order chi connectivity index (χ0) is 15.3. The van der Waals surface area contributed by atoms with Gasteiger partial charge in [-0.2, -0.15) is 5.10 Å². The van der Waals surface area contributed by atoms with Crippen LogP contribution in [0.5, 0.6) is 5.75 Å². The van der Waals surface area contributed by atoms with Gasteiger partial charge in [-0.15, -0.1) is 0 Å². The van der Waals surface area contributed by atoms with Crippen molar-refractivity contribution >= 4 is 10.0 Å². The number of hydrogen-bond acceptors (Lipinski definition) is 5. The first kappa shape index (κ1) is 15.5. The van der Waals surface area contributed by atoms with Crippen LogP contribution < -0.4 is 9.46 Å². The summed E-state index contributed by atoms with van der Waals surface area (Å²) < 4.78 is 32.1. The highest BCUT2D eigenvalue weighted by molar-refractivity contribution is 7.89. The lowest BCUT2D eigenvalue weighted by molar-refractivity contribution is 0.271. The third-order valence-corrected chi connectivity index (χ3v) is 4.03. The van der Waals surface area contributed by atoms with Crippen LogP contribution in [0, 0.1) is 5.92 Å². The topological polar surface area (TPSA) is 97.0 Å². The van der Waals surface area contributed by atoms with E-state index in [0.29, 0.717) is 24.1 Å². The Balaban J connectivity index is 1.99. The summed E-state index contributed by atoms with van der Waals surface area (Å²) in [6.45, 7) is 4.75. The molecule has 1 heterocycles. The van der Waals surface area contributed by atoms with Gasteiger partial charge in [-0.25, -0.2) is 18.1 Å². The van der Waals surface area contributed by atoms with E-state index in [0.717, 1.165) is 0 Å². The van der Waals surface area contributed by atoms with Crippen LogP contribution in [0.15, 0.2) is 35.5 Å². The SMILES string of the molecule is CC(C)COc1ccc(S(=O)(=O)NCc2ncn[nH]2)cc1. The van der Waals surface area contributed by atoms with Crippen LogP contribution in [0.3, 0.4) is 0 Å². The molecule has 0 unspecified atom stereocenters. The van der Waals surface area contributed by atoms with E-state index < -0.39 is 10.0 Å². The molecule has 0 aliphatic heterocycles. The fourth-order valence-corrected chi connectivity index (χ4v) is 2.53. The highest BCUT2D eigenvalue weighted by Gasteiger charge is 2.14. The number of hydrogen-bond donors (Lipinski definition) is 2. The molecule has 0 fully saturated rings. The fourth-order valence-electron chi connectivity index (χ4n) is 1.54. The summed E-state index contributed by atoms with van der Waals surface area (Å²) in [5, 5.41) is 6.24. The maximum absolute atomic E-state index is 12.1. The molecule has 2 rings (SSSR count). The quantitative estimate of drug-likeness (QED) is 0.804. The van der Waals surface area contributed by atoms with Crippen LogP contribution in [0.4, 0.5) is 0 Å². The number of nitrogens with one attached hydrogen (secondary N) is 2. The van der Waals surface area contributed by atoms with Crippen molar-refractivity contribution < 1.29 is 13.2 Å². The van der Waals surface area contributed by atoms with Gasteiger partial charge >= 0.3 is 0 Å². The van der Waals surface area contributed by atoms with Crippen molar-refractivity contribution in [2.75, 3.05) is 6.61 Å². The van der Waals surface area contributed by atoms with E-state index in [1.54, 1.807) is 12.1 Å². The molecule has 2 aromatic rings. The molecule has 0 aliphatic carbocycles. The summed E-state index contributed by atoms with van der Waals surface area (Å²) >= 11 is 0. The van der Waals surface area contributed by atoms with Gasteiger partial charge in [0.1, 0.15) is 17.9 Å². The summed E-state index contributed by atoms with van der Waals surface area (Å²) in [5.74, 6) is 1.52. The fraction of sp³-hybridized carbons (Fsp3) is 0.385. The zero-order valence-electron chi connectivity index (χ0n) is 11.9. The van der Waals surface area contributed by atoms with E-state index in [-0.39, 0.29) is 11.4 Å². The first-order valence-corrected chi connectivity index (χ1v) is 8.02. The Kier molecular flexibility index (Phi) is 4.92. The average molecular weight is 310 g/mol. The smallest absolute Gasteiger partial charge is 0.240 e. The molecule has 21 heavy (non-hydrogen) atoms. The minimum absolute atomic E-state index is 0.0634. The Hall–Kier alpha value is -1.93. The Bertz CT molecular complexity index is 651. The molecule has 0 saturated carbocycles. The number of sulfonamides is 1. The number of ether oxygens (including phenoxy) is 1. The lowest BCUT2D eigenvalue weighted by Crippen LogP contribution is -2.23. The molecule has 0 aliphatic rings. The van der Waals surface area contributed by atoms with Crippen molar-refractivity contribution in [2.45, 2.75) is 25.3 Å². The van der Waals surface area contributed by atoms with Gasteiger partial charge in [0.2, 0.25) is 10.0 Å². The summed E-state index contributed by atoms with van der Waals surface area (Å²) in [7, 11) is -3.58. The van der Waals surface area contributed by atoms with Crippen molar-refractivity contribution in [3.63, 3.8) is 0 Å². The normalized spacial score (nSPS) is 11.8. The van der Waals surface area contributed by atoms with E-state index in [1.807, 2.05) is 13.8 Å². The van der Waals surface area contributed by atoms with Gasteiger partial charge in [-0.3, -0.25) is 5.10 Å². The molecule has 0 saturated heterocycles. The maximum atomic E-state index is 12.1. The molecular formula is C13H18N4O3S. The molecule has 114 valence electrons. The van der Waals surface area contributed by atoms with E-state index >= 15 is 0 Å². The van der Waals surface area contributed by atoms with Crippen LogP contribution in [0.2, 0.25) is 0 Å². The predicted molar refractivity (Wildman–Crippen MR) is 77.2 cm³/mol. The summed E-state index contributed by atoms with van der Waals surface area (Å²) in [6, 6.07) is 6.31. The van der Waals surface area contributed by atoms with Crippen molar-refractivity contribution in [3.05, 3.63) is 36.4 Å². The monoisotopic (exact) mass is 310 g/mol. The number of nitrogens with zero attached hydrogens (tertiary/aromatic N) is 2. The van der Waals surface area contributed by atoms with Gasteiger partial charge < -0.3 is 4.74 Å². The molecule has 0 atom stereocenters. The second kappa shape index (κ2) is 6.68. The van der Waals surface area contributed by atoms with Gasteiger partial charge in [-0.05, 0) is 30.2 Å². The van der Waals surface area contributed by atoms with E-state index in [4.69, 9.17) is 4.74 Å². The summed E-state index contributed by atoms with van der Waals surface area (Å²) in [6.07, 6.45) is 1.32. The second-order valence-corrected chi connectivity index (χ2v) is 6.70. The van der Waals surface area contributed by atoms with E-state index in [1.165, 1.54) is 18.5 Å². The Morgan fingerprint density at radius 2 is 2.00 bits per heavy atom. The Morgan fingerprint density at radius 3 is 2.57 bits per heavy atom. The second-order valence-electron chi connectivity index (χ2n) is 4.93. The number of rotatable bonds is 7. The van der Waals surface area contributed by atoms with Gasteiger partial charge in [0.15, 0.2) is 0 Å². The summed E-state index contributed by atoms with van der Waals surface area (Å²) in [4.78, 5) is 4.03. The summed E-state index contributed by atoms with van der Waals surface area (Å²) in [5.41, 5.74) is 0. The molecule has 7 nitrogen and oxygen atoms in total. The van der Waals surface area contributed by atoms with Crippen LogP contribution in [-0.2, 0) is 16.6 Å². The highest BCUT2D eigenvalue weighted by atomic mass is 32.2. The Morgan fingerprint density at radius 1 is 1.29 bits per heavy atom. The average Bonchev–Trinajstić information content (AvgIpc) is 2.97. The van der Waals surface area contributed by atoms with E-state index in [2.05, 4.69) is 19.9 Å². The maximum Gasteiger partial charge on any atom is 0.240 e. The molecule has 0 bridgehead atoms. The molecule has 8 heteroatoms. The molecule has 1 aromatic carbocycles. The van der Waals surface area contributed by atoms with E-state index in [9.17, 15) is 8.42 Å². The number of H-pyrrole nitrogens is 1. The van der Waals surface area contributed by atoms with Crippen LogP contribution >= 0.6 is 0 Å². The van der Waals surface area contributed by atoms with Crippen LogP contribution in [-0.4, -0.2) is 30.2 Å². The predicted octanol–water partition coefficient (Wildman–Crippen LogP) is 1.32. The van der Waals surface area contributed by atoms with Gasteiger partial charge in [0.25, 0.3) is 0 Å². The molecule has 0 amide bonds. The van der Waals surface area contributed by atoms with Crippen LogP contribution in [0.25, 0.3) is 0 Å². The number of aromatic nitrogens is 3. The Labute approximate surface area is 123 Å². The first-order valence-electron chi connectivity index (χ1n) is 6.54. The first-order chi connectivity index (χ1) is 9.97. The lowest BCUT2D eigenvalue weighted by atomic mass is 10.2. The molecule has 0 radical (unpaired) electrons. The minimum Gasteiger partial charge on any atom is -0.493 e. The third kappa shape index (κ3) is 4.54. The number of benzene rings is 1. The molecule has 1 aromatic heterocycles. The van der Waals surface area contributed by atoms with Crippen molar-refractivity contribution in [2.24, 2.45) is 5.92 Å². The molecule has 2 N–H and O–H groups in total.